The maximum atomic E-state index is 12.4. The fourth-order valence-electron chi connectivity index (χ4n) is 4.79. The van der Waals surface area contributed by atoms with Gasteiger partial charge >= 0.3 is 6.03 Å². The number of carbonyl (C=O) groups is 1. The number of pyridine rings is 1. The van der Waals surface area contributed by atoms with E-state index < -0.39 is 16.1 Å². The van der Waals surface area contributed by atoms with Crippen LogP contribution in [0, 0.1) is 20.8 Å². The Morgan fingerprint density at radius 2 is 1.68 bits per heavy atom. The van der Waals surface area contributed by atoms with Gasteiger partial charge in [0.05, 0.1) is 4.90 Å². The van der Waals surface area contributed by atoms with Crippen LogP contribution in [0.25, 0.3) is 16.9 Å². The molecule has 8 nitrogen and oxygen atoms in total. The van der Waals surface area contributed by atoms with Gasteiger partial charge in [-0.25, -0.2) is 27.9 Å². The Kier molecular flexibility index (Phi) is 8.51. The largest absolute Gasteiger partial charge is 0.337 e. The summed E-state index contributed by atoms with van der Waals surface area (Å²) in [5, 5.41) is 4.75. The molecule has 212 valence electrons. The summed E-state index contributed by atoms with van der Waals surface area (Å²) in [5.41, 5.74) is 6.76. The minimum atomic E-state index is -3.93. The van der Waals surface area contributed by atoms with Crippen molar-refractivity contribution in [3.63, 3.8) is 0 Å². The highest BCUT2D eigenvalue weighted by molar-refractivity contribution is 7.90. The Labute approximate surface area is 244 Å². The normalized spacial score (nSPS) is 11.6. The number of nitrogens with one attached hydrogen (secondary N) is 2. The van der Waals surface area contributed by atoms with Gasteiger partial charge in [0.15, 0.2) is 5.65 Å². The Bertz CT molecular complexity index is 1760. The van der Waals surface area contributed by atoms with Crippen LogP contribution in [0.3, 0.4) is 0 Å². The number of sulfonamides is 1. The van der Waals surface area contributed by atoms with Gasteiger partial charge in [-0.2, -0.15) is 0 Å². The Balaban J connectivity index is 1.25. The zero-order chi connectivity index (χ0) is 29.0. The van der Waals surface area contributed by atoms with Crippen LogP contribution in [0.15, 0.2) is 77.0 Å². The van der Waals surface area contributed by atoms with Crippen molar-refractivity contribution < 1.29 is 13.2 Å². The second-order valence-corrected chi connectivity index (χ2v) is 12.9. The average Bonchev–Trinajstić information content (AvgIpc) is 3.57. The molecule has 0 aliphatic carbocycles. The van der Waals surface area contributed by atoms with E-state index in [2.05, 4.69) is 45.1 Å². The van der Waals surface area contributed by atoms with Crippen LogP contribution >= 0.6 is 11.3 Å². The van der Waals surface area contributed by atoms with Crippen molar-refractivity contribution in [3.05, 3.63) is 105 Å². The van der Waals surface area contributed by atoms with E-state index in [1.54, 1.807) is 23.5 Å². The zero-order valence-electron chi connectivity index (χ0n) is 23.3. The predicted molar refractivity (Wildman–Crippen MR) is 163 cm³/mol. The molecule has 0 bridgehead atoms. The Morgan fingerprint density at radius 3 is 2.39 bits per heavy atom. The van der Waals surface area contributed by atoms with Crippen LogP contribution in [0.2, 0.25) is 0 Å². The molecule has 2 N–H and O–H groups in total. The Morgan fingerprint density at radius 1 is 0.927 bits per heavy atom. The van der Waals surface area contributed by atoms with Crippen LogP contribution in [-0.4, -0.2) is 35.5 Å². The lowest BCUT2D eigenvalue weighted by Gasteiger charge is -2.11. The van der Waals surface area contributed by atoms with Crippen LogP contribution in [-0.2, 0) is 29.3 Å². The van der Waals surface area contributed by atoms with E-state index in [0.717, 1.165) is 64.3 Å². The van der Waals surface area contributed by atoms with E-state index in [1.807, 2.05) is 38.1 Å². The third kappa shape index (κ3) is 6.83. The molecule has 0 aliphatic rings. The summed E-state index contributed by atoms with van der Waals surface area (Å²) in [6.45, 7) is 6.23. The fourth-order valence-corrected chi connectivity index (χ4v) is 6.47. The van der Waals surface area contributed by atoms with Crippen molar-refractivity contribution in [2.24, 2.45) is 0 Å². The molecule has 5 rings (SSSR count). The summed E-state index contributed by atoms with van der Waals surface area (Å²) >= 11 is 1.78. The number of urea groups is 1. The number of fused-ring (bicyclic) bond motifs is 1. The van der Waals surface area contributed by atoms with Gasteiger partial charge in [-0.05, 0) is 92.9 Å². The van der Waals surface area contributed by atoms with Gasteiger partial charge in [-0.3, -0.25) is 4.57 Å². The molecule has 0 unspecified atom stereocenters. The number of thiophene rings is 1. The van der Waals surface area contributed by atoms with Gasteiger partial charge in [0, 0.05) is 29.2 Å². The number of benzene rings is 2. The highest BCUT2D eigenvalue weighted by Gasteiger charge is 2.18. The molecule has 0 radical (unpaired) electrons. The summed E-state index contributed by atoms with van der Waals surface area (Å²) in [7, 11) is -3.93. The molecule has 5 aromatic rings. The van der Waals surface area contributed by atoms with Gasteiger partial charge in [-0.15, -0.1) is 11.3 Å². The molecule has 0 saturated carbocycles. The minimum Gasteiger partial charge on any atom is -0.337 e. The van der Waals surface area contributed by atoms with E-state index in [4.69, 9.17) is 9.97 Å². The van der Waals surface area contributed by atoms with Crippen molar-refractivity contribution >= 4 is 38.6 Å². The summed E-state index contributed by atoms with van der Waals surface area (Å²) < 4.78 is 29.1. The molecule has 41 heavy (non-hydrogen) atoms. The van der Waals surface area contributed by atoms with Crippen molar-refractivity contribution in [3.8, 4) is 5.69 Å². The lowest BCUT2D eigenvalue weighted by atomic mass is 10.1. The number of hydrogen-bond donors (Lipinski definition) is 2. The first-order chi connectivity index (χ1) is 19.7. The van der Waals surface area contributed by atoms with Crippen LogP contribution < -0.4 is 10.0 Å². The number of carbonyl (C=O) groups excluding carboxylic acids is 1. The summed E-state index contributed by atoms with van der Waals surface area (Å²) in [6.07, 6.45) is 3.39. The van der Waals surface area contributed by atoms with Crippen LogP contribution in [0.1, 0.15) is 39.5 Å². The van der Waals surface area contributed by atoms with E-state index in [9.17, 15) is 13.2 Å². The molecule has 0 aliphatic heterocycles. The van der Waals surface area contributed by atoms with E-state index in [1.165, 1.54) is 17.0 Å². The number of aromatic nitrogens is 3. The van der Waals surface area contributed by atoms with E-state index >= 15 is 0 Å². The number of imidazole rings is 1. The first kappa shape index (κ1) is 28.5. The van der Waals surface area contributed by atoms with Crippen LogP contribution in [0.5, 0.6) is 0 Å². The van der Waals surface area contributed by atoms with Gasteiger partial charge in [0.1, 0.15) is 11.3 Å². The van der Waals surface area contributed by atoms with Crippen molar-refractivity contribution in [1.29, 1.82) is 0 Å². The van der Waals surface area contributed by atoms with Gasteiger partial charge in [-0.1, -0.05) is 35.9 Å². The molecule has 0 saturated heterocycles. The number of hydrogen-bond acceptors (Lipinski definition) is 6. The number of rotatable bonds is 10. The standard InChI is InChI=1S/C31H33N5O3S2/c1-21-9-15-27(16-10-21)41(38,39)35-31(37)32-18-17-24-11-13-25(14-12-24)36-28(8-4-6-26-7-5-19-40-26)34-29-22(2)20-23(3)33-30(29)36/h5,7,9-16,19-20H,4,6,8,17-18H2,1-3H3,(H2,32,35,37). The SMILES string of the molecule is Cc1ccc(S(=O)(=O)NC(=O)NCCc2ccc(-n3c(CCCc4cccs4)nc4c(C)cc(C)nc43)cc2)cc1. The first-order valence-corrected chi connectivity index (χ1v) is 15.9. The second-order valence-electron chi connectivity index (χ2n) is 10.1. The maximum absolute atomic E-state index is 12.4. The number of amides is 2. The third-order valence-corrected chi connectivity index (χ3v) is 9.14. The number of nitrogens with zero attached hydrogens (tertiary/aromatic N) is 3. The molecule has 2 amide bonds. The van der Waals surface area contributed by atoms with E-state index in [0.29, 0.717) is 6.42 Å². The smallest absolute Gasteiger partial charge is 0.328 e. The zero-order valence-corrected chi connectivity index (χ0v) is 25.0. The highest BCUT2D eigenvalue weighted by atomic mass is 32.2. The first-order valence-electron chi connectivity index (χ1n) is 13.5. The highest BCUT2D eigenvalue weighted by Crippen LogP contribution is 2.25. The van der Waals surface area contributed by atoms with Crippen LogP contribution in [0.4, 0.5) is 4.79 Å². The minimum absolute atomic E-state index is 0.0478. The molecule has 0 fully saturated rings. The lowest BCUT2D eigenvalue weighted by molar-refractivity contribution is 0.246. The molecule has 0 atom stereocenters. The molecule has 10 heteroatoms. The molecular weight excluding hydrogens is 555 g/mol. The van der Waals surface area contributed by atoms with Gasteiger partial charge in [0.2, 0.25) is 0 Å². The van der Waals surface area contributed by atoms with Crippen molar-refractivity contribution in [2.75, 3.05) is 6.54 Å². The molecule has 2 aromatic carbocycles. The molecule has 3 aromatic heterocycles. The van der Waals surface area contributed by atoms with Crippen molar-refractivity contribution in [1.82, 2.24) is 24.6 Å². The monoisotopic (exact) mass is 587 g/mol. The van der Waals surface area contributed by atoms with Gasteiger partial charge < -0.3 is 5.32 Å². The number of aryl methyl sites for hydroxylation is 5. The van der Waals surface area contributed by atoms with Gasteiger partial charge in [0.25, 0.3) is 10.0 Å². The fraction of sp³-hybridized carbons (Fsp3) is 0.258. The summed E-state index contributed by atoms with van der Waals surface area (Å²) in [4.78, 5) is 23.5. The van der Waals surface area contributed by atoms with Crippen molar-refractivity contribution in [2.45, 2.75) is 51.3 Å². The average molecular weight is 588 g/mol. The van der Waals surface area contributed by atoms with E-state index in [-0.39, 0.29) is 11.4 Å². The molecule has 3 heterocycles. The second kappa shape index (κ2) is 12.2. The maximum Gasteiger partial charge on any atom is 0.328 e. The quantitative estimate of drug-likeness (QED) is 0.214. The lowest BCUT2D eigenvalue weighted by Crippen LogP contribution is -2.40. The molecule has 0 spiro atoms. The summed E-state index contributed by atoms with van der Waals surface area (Å²) in [6, 6.07) is 20.0. The molecular formula is C31H33N5O3S2. The summed E-state index contributed by atoms with van der Waals surface area (Å²) in [5.74, 6) is 0.985. The third-order valence-electron chi connectivity index (χ3n) is 6.86. The predicted octanol–water partition coefficient (Wildman–Crippen LogP) is 5.81. The topological polar surface area (TPSA) is 106 Å². The Hall–Kier alpha value is -4.02.